The number of likely N-dealkylation sites (N-methyl/N-ethyl adjacent to an activating group) is 1. The standard InChI is InChI=1S/C14H18N4O2/c1-18-6-7-19-12(9-18)14-16-13(20-17-14)8-10-4-2-3-5-11(10)15/h2-5,12H,6-9,15H2,1H3. The second-order valence-electron chi connectivity index (χ2n) is 5.04. The van der Waals surface area contributed by atoms with Crippen molar-refractivity contribution in [1.29, 1.82) is 0 Å². The first-order valence-corrected chi connectivity index (χ1v) is 6.68. The highest BCUT2D eigenvalue weighted by Crippen LogP contribution is 2.20. The number of benzene rings is 1. The van der Waals surface area contributed by atoms with Gasteiger partial charge in [0.25, 0.3) is 0 Å². The van der Waals surface area contributed by atoms with Gasteiger partial charge in [-0.15, -0.1) is 0 Å². The summed E-state index contributed by atoms with van der Waals surface area (Å²) in [6.07, 6.45) is 0.432. The van der Waals surface area contributed by atoms with Crippen LogP contribution in [0.3, 0.4) is 0 Å². The number of nitrogen functional groups attached to an aromatic ring is 1. The summed E-state index contributed by atoms with van der Waals surface area (Å²) in [7, 11) is 2.06. The molecule has 106 valence electrons. The molecule has 0 saturated carbocycles. The van der Waals surface area contributed by atoms with Crippen molar-refractivity contribution in [2.45, 2.75) is 12.5 Å². The summed E-state index contributed by atoms with van der Waals surface area (Å²) < 4.78 is 11.0. The molecule has 1 aliphatic rings. The molecule has 6 nitrogen and oxygen atoms in total. The maximum atomic E-state index is 5.91. The highest BCUT2D eigenvalue weighted by Gasteiger charge is 2.24. The molecule has 0 radical (unpaired) electrons. The van der Waals surface area contributed by atoms with E-state index < -0.39 is 0 Å². The van der Waals surface area contributed by atoms with Crippen molar-refractivity contribution in [1.82, 2.24) is 15.0 Å². The van der Waals surface area contributed by atoms with Gasteiger partial charge in [-0.3, -0.25) is 0 Å². The van der Waals surface area contributed by atoms with Gasteiger partial charge in [0, 0.05) is 18.8 Å². The Bertz CT molecular complexity index is 584. The molecule has 1 aromatic heterocycles. The summed E-state index contributed by atoms with van der Waals surface area (Å²) >= 11 is 0. The molecule has 0 aliphatic carbocycles. The van der Waals surface area contributed by atoms with Crippen LogP contribution in [-0.4, -0.2) is 41.8 Å². The molecule has 2 N–H and O–H groups in total. The molecule has 6 heteroatoms. The number of nitrogens with two attached hydrogens (primary N) is 1. The first-order chi connectivity index (χ1) is 9.72. The molecule has 1 aliphatic heterocycles. The lowest BCUT2D eigenvalue weighted by molar-refractivity contribution is -0.0264. The van der Waals surface area contributed by atoms with Gasteiger partial charge in [0.05, 0.1) is 13.0 Å². The number of nitrogens with zero attached hydrogens (tertiary/aromatic N) is 3. The topological polar surface area (TPSA) is 77.4 Å². The van der Waals surface area contributed by atoms with Crippen LogP contribution in [0.15, 0.2) is 28.8 Å². The van der Waals surface area contributed by atoms with Crippen LogP contribution in [0.4, 0.5) is 5.69 Å². The molecule has 20 heavy (non-hydrogen) atoms. The number of anilines is 1. The van der Waals surface area contributed by atoms with Gasteiger partial charge in [0.15, 0.2) is 0 Å². The Morgan fingerprint density at radius 1 is 1.40 bits per heavy atom. The van der Waals surface area contributed by atoms with Crippen LogP contribution < -0.4 is 5.73 Å². The zero-order valence-corrected chi connectivity index (χ0v) is 11.5. The molecule has 1 fully saturated rings. The van der Waals surface area contributed by atoms with E-state index in [-0.39, 0.29) is 6.10 Å². The summed E-state index contributed by atoms with van der Waals surface area (Å²) in [4.78, 5) is 6.61. The minimum absolute atomic E-state index is 0.112. The fourth-order valence-electron chi connectivity index (χ4n) is 2.26. The number of hydrogen-bond donors (Lipinski definition) is 1. The Kier molecular flexibility index (Phi) is 3.66. The molecule has 0 amide bonds. The Morgan fingerprint density at radius 3 is 3.05 bits per heavy atom. The molecule has 1 unspecified atom stereocenters. The van der Waals surface area contributed by atoms with E-state index in [1.165, 1.54) is 0 Å². The summed E-state index contributed by atoms with van der Waals surface area (Å²) in [6, 6.07) is 7.68. The Labute approximate surface area is 117 Å². The van der Waals surface area contributed by atoms with Gasteiger partial charge < -0.3 is 19.9 Å². The van der Waals surface area contributed by atoms with Crippen LogP contribution in [0.25, 0.3) is 0 Å². The summed E-state index contributed by atoms with van der Waals surface area (Å²) in [5.41, 5.74) is 7.64. The summed E-state index contributed by atoms with van der Waals surface area (Å²) in [5, 5.41) is 4.02. The number of aromatic nitrogens is 2. The lowest BCUT2D eigenvalue weighted by Crippen LogP contribution is -2.35. The third-order valence-corrected chi connectivity index (χ3v) is 3.44. The number of rotatable bonds is 3. The predicted octanol–water partition coefficient (Wildman–Crippen LogP) is 1.25. The number of hydrogen-bond acceptors (Lipinski definition) is 6. The van der Waals surface area contributed by atoms with Crippen molar-refractivity contribution in [3.8, 4) is 0 Å². The average molecular weight is 274 g/mol. The molecule has 3 rings (SSSR count). The Balaban J connectivity index is 1.72. The quantitative estimate of drug-likeness (QED) is 0.849. The molecule has 0 bridgehead atoms. The van der Waals surface area contributed by atoms with Gasteiger partial charge in [-0.1, -0.05) is 23.4 Å². The van der Waals surface area contributed by atoms with Crippen molar-refractivity contribution in [3.63, 3.8) is 0 Å². The van der Waals surface area contributed by atoms with E-state index in [4.69, 9.17) is 15.0 Å². The molecule has 0 spiro atoms. The Morgan fingerprint density at radius 2 is 2.25 bits per heavy atom. The van der Waals surface area contributed by atoms with Crippen molar-refractivity contribution in [3.05, 3.63) is 41.5 Å². The minimum atomic E-state index is -0.112. The molecule has 1 aromatic carbocycles. The van der Waals surface area contributed by atoms with E-state index >= 15 is 0 Å². The molecular weight excluding hydrogens is 256 g/mol. The average Bonchev–Trinajstić information content (AvgIpc) is 2.90. The van der Waals surface area contributed by atoms with Gasteiger partial charge >= 0.3 is 0 Å². The second-order valence-corrected chi connectivity index (χ2v) is 5.04. The van der Waals surface area contributed by atoms with Gasteiger partial charge in [0.1, 0.15) is 6.10 Å². The monoisotopic (exact) mass is 274 g/mol. The molecule has 2 heterocycles. The van der Waals surface area contributed by atoms with E-state index in [0.29, 0.717) is 24.7 Å². The van der Waals surface area contributed by atoms with E-state index in [0.717, 1.165) is 24.3 Å². The highest BCUT2D eigenvalue weighted by molar-refractivity contribution is 5.47. The van der Waals surface area contributed by atoms with Gasteiger partial charge in [-0.05, 0) is 18.7 Å². The molecule has 1 atom stereocenters. The zero-order valence-electron chi connectivity index (χ0n) is 11.5. The zero-order chi connectivity index (χ0) is 13.9. The SMILES string of the molecule is CN1CCOC(c2noc(Cc3ccccc3N)n2)C1. The number of ether oxygens (including phenoxy) is 1. The maximum absolute atomic E-state index is 5.91. The fraction of sp³-hybridized carbons (Fsp3) is 0.429. The van der Waals surface area contributed by atoms with Crippen molar-refractivity contribution >= 4 is 5.69 Å². The van der Waals surface area contributed by atoms with E-state index in [1.54, 1.807) is 0 Å². The molecule has 2 aromatic rings. The minimum Gasteiger partial charge on any atom is -0.398 e. The largest absolute Gasteiger partial charge is 0.398 e. The van der Waals surface area contributed by atoms with E-state index in [1.807, 2.05) is 24.3 Å². The predicted molar refractivity (Wildman–Crippen MR) is 74.1 cm³/mol. The third-order valence-electron chi connectivity index (χ3n) is 3.44. The fourth-order valence-corrected chi connectivity index (χ4v) is 2.26. The lowest BCUT2D eigenvalue weighted by atomic mass is 10.1. The van der Waals surface area contributed by atoms with Crippen LogP contribution in [0.1, 0.15) is 23.4 Å². The molecule has 1 saturated heterocycles. The Hall–Kier alpha value is -1.92. The van der Waals surface area contributed by atoms with Crippen LogP contribution in [0, 0.1) is 0 Å². The summed E-state index contributed by atoms with van der Waals surface area (Å²) in [6.45, 7) is 2.41. The molecular formula is C14H18N4O2. The first kappa shape index (κ1) is 13.1. The van der Waals surface area contributed by atoms with Crippen LogP contribution in [0.2, 0.25) is 0 Å². The number of para-hydroxylation sites is 1. The lowest BCUT2D eigenvalue weighted by Gasteiger charge is -2.27. The first-order valence-electron chi connectivity index (χ1n) is 6.68. The maximum Gasteiger partial charge on any atom is 0.231 e. The summed E-state index contributed by atoms with van der Waals surface area (Å²) in [5.74, 6) is 1.18. The van der Waals surface area contributed by atoms with Crippen molar-refractivity contribution in [2.75, 3.05) is 32.5 Å². The van der Waals surface area contributed by atoms with Gasteiger partial charge in [0.2, 0.25) is 11.7 Å². The third kappa shape index (κ3) is 2.81. The van der Waals surface area contributed by atoms with Crippen molar-refractivity contribution < 1.29 is 9.26 Å². The van der Waals surface area contributed by atoms with Crippen LogP contribution in [0.5, 0.6) is 0 Å². The van der Waals surface area contributed by atoms with E-state index in [2.05, 4.69) is 22.1 Å². The highest BCUT2D eigenvalue weighted by atomic mass is 16.5. The van der Waals surface area contributed by atoms with Gasteiger partial charge in [-0.25, -0.2) is 0 Å². The van der Waals surface area contributed by atoms with Crippen LogP contribution in [-0.2, 0) is 11.2 Å². The smallest absolute Gasteiger partial charge is 0.231 e. The van der Waals surface area contributed by atoms with Crippen LogP contribution >= 0.6 is 0 Å². The second kappa shape index (κ2) is 5.60. The normalized spacial score (nSPS) is 20.1. The van der Waals surface area contributed by atoms with Gasteiger partial charge in [-0.2, -0.15) is 4.98 Å². The number of morpholine rings is 1. The van der Waals surface area contributed by atoms with Crippen molar-refractivity contribution in [2.24, 2.45) is 0 Å². The van der Waals surface area contributed by atoms with E-state index in [9.17, 15) is 0 Å².